The first kappa shape index (κ1) is 25.2. The van der Waals surface area contributed by atoms with Gasteiger partial charge in [0, 0.05) is 12.1 Å². The lowest BCUT2D eigenvalue weighted by molar-refractivity contribution is -0.142. The molecule has 0 spiro atoms. The summed E-state index contributed by atoms with van der Waals surface area (Å²) in [6, 6.07) is 6.77. The van der Waals surface area contributed by atoms with Crippen LogP contribution in [0.1, 0.15) is 61.0 Å². The SMILES string of the molecule is C/C=C\C1=C(C)CCc2cc(C(N)=O)ccc2C1(CCNCC(=O)N1CCCC1C#N)C(=O)O. The summed E-state index contributed by atoms with van der Waals surface area (Å²) in [5.41, 5.74) is 7.63. The molecule has 180 valence electrons. The second-order valence-electron chi connectivity index (χ2n) is 8.94. The molecule has 8 nitrogen and oxygen atoms in total. The minimum absolute atomic E-state index is 0.0446. The molecule has 0 bridgehead atoms. The van der Waals surface area contributed by atoms with E-state index in [9.17, 15) is 24.8 Å². The molecule has 2 atom stereocenters. The van der Waals surface area contributed by atoms with Crippen LogP contribution in [-0.2, 0) is 21.4 Å². The summed E-state index contributed by atoms with van der Waals surface area (Å²) in [5.74, 6) is -1.68. The van der Waals surface area contributed by atoms with E-state index < -0.39 is 17.3 Å². The van der Waals surface area contributed by atoms with Crippen LogP contribution in [0.25, 0.3) is 0 Å². The molecular formula is C26H32N4O4. The lowest BCUT2D eigenvalue weighted by Crippen LogP contribution is -2.44. The molecule has 8 heteroatoms. The van der Waals surface area contributed by atoms with Crippen molar-refractivity contribution in [2.24, 2.45) is 5.73 Å². The summed E-state index contributed by atoms with van der Waals surface area (Å²) in [5, 5.41) is 22.9. The highest BCUT2D eigenvalue weighted by Crippen LogP contribution is 2.44. The number of benzene rings is 1. The van der Waals surface area contributed by atoms with Gasteiger partial charge in [-0.3, -0.25) is 14.4 Å². The monoisotopic (exact) mass is 464 g/mol. The number of hydrogen-bond acceptors (Lipinski definition) is 5. The molecule has 34 heavy (non-hydrogen) atoms. The molecule has 1 aliphatic heterocycles. The summed E-state index contributed by atoms with van der Waals surface area (Å²) >= 11 is 0. The Morgan fingerprint density at radius 1 is 1.35 bits per heavy atom. The topological polar surface area (TPSA) is 137 Å². The lowest BCUT2D eigenvalue weighted by atomic mass is 9.69. The molecule has 2 aliphatic rings. The Morgan fingerprint density at radius 3 is 2.76 bits per heavy atom. The van der Waals surface area contributed by atoms with E-state index in [0.717, 1.165) is 23.1 Å². The minimum atomic E-state index is -1.34. The summed E-state index contributed by atoms with van der Waals surface area (Å²) in [7, 11) is 0. The number of nitrogens with one attached hydrogen (secondary N) is 1. The number of fused-ring (bicyclic) bond motifs is 1. The molecule has 0 radical (unpaired) electrons. The number of aryl methyl sites for hydroxylation is 1. The van der Waals surface area contributed by atoms with Gasteiger partial charge in [0.15, 0.2) is 0 Å². The van der Waals surface area contributed by atoms with Crippen LogP contribution in [0, 0.1) is 11.3 Å². The number of rotatable bonds is 8. The Balaban J connectivity index is 1.91. The van der Waals surface area contributed by atoms with Crippen LogP contribution in [0.4, 0.5) is 0 Å². The van der Waals surface area contributed by atoms with E-state index in [0.29, 0.717) is 36.9 Å². The number of aliphatic carboxylic acids is 1. The van der Waals surface area contributed by atoms with Crippen molar-refractivity contribution in [3.05, 3.63) is 58.2 Å². The van der Waals surface area contributed by atoms with Gasteiger partial charge in [-0.1, -0.05) is 23.8 Å². The van der Waals surface area contributed by atoms with Gasteiger partial charge in [-0.15, -0.1) is 0 Å². The van der Waals surface area contributed by atoms with E-state index in [4.69, 9.17) is 5.73 Å². The number of carbonyl (C=O) groups is 3. The summed E-state index contributed by atoms with van der Waals surface area (Å²) in [6.45, 7) is 4.70. The van der Waals surface area contributed by atoms with Crippen LogP contribution in [0.5, 0.6) is 0 Å². The lowest BCUT2D eigenvalue weighted by Gasteiger charge is -2.33. The zero-order valence-corrected chi connectivity index (χ0v) is 19.8. The molecule has 2 unspecified atom stereocenters. The number of carboxylic acid groups (broad SMARTS) is 1. The number of allylic oxidation sites excluding steroid dienone is 3. The van der Waals surface area contributed by atoms with Gasteiger partial charge in [-0.25, -0.2) is 0 Å². The Hall–Kier alpha value is -3.44. The molecule has 3 rings (SSSR count). The third-order valence-corrected chi connectivity index (χ3v) is 6.91. The average molecular weight is 465 g/mol. The van der Waals surface area contributed by atoms with E-state index in [1.165, 1.54) is 0 Å². The van der Waals surface area contributed by atoms with Crippen molar-refractivity contribution >= 4 is 17.8 Å². The highest BCUT2D eigenvalue weighted by molar-refractivity contribution is 5.94. The number of nitriles is 1. The molecule has 0 aromatic heterocycles. The van der Waals surface area contributed by atoms with Gasteiger partial charge in [0.25, 0.3) is 0 Å². The Morgan fingerprint density at radius 2 is 2.12 bits per heavy atom. The van der Waals surface area contributed by atoms with Gasteiger partial charge >= 0.3 is 5.97 Å². The van der Waals surface area contributed by atoms with Crippen LogP contribution >= 0.6 is 0 Å². The quantitative estimate of drug-likeness (QED) is 0.506. The zero-order valence-electron chi connectivity index (χ0n) is 19.8. The Labute approximate surface area is 200 Å². The molecule has 1 fully saturated rings. The number of nitrogens with two attached hydrogens (primary N) is 1. The van der Waals surface area contributed by atoms with Gasteiger partial charge in [0.2, 0.25) is 11.8 Å². The van der Waals surface area contributed by atoms with Crippen molar-refractivity contribution < 1.29 is 19.5 Å². The standard InChI is InChI=1S/C26H32N4O4/c1-3-5-21-17(2)7-8-18-14-19(24(28)32)9-10-22(18)26(21,25(33)34)11-12-29-16-23(31)30-13-4-6-20(30)15-27/h3,5,9-10,14,20,29H,4,6-8,11-13,16H2,1-2H3,(H2,28,32)(H,33,34)/b5-3-. The molecule has 4 N–H and O–H groups in total. The average Bonchev–Trinajstić information content (AvgIpc) is 3.26. The van der Waals surface area contributed by atoms with E-state index in [1.807, 2.05) is 26.0 Å². The predicted molar refractivity (Wildman–Crippen MR) is 128 cm³/mol. The summed E-state index contributed by atoms with van der Waals surface area (Å²) in [6.07, 6.45) is 6.68. The van der Waals surface area contributed by atoms with Crippen molar-refractivity contribution in [3.63, 3.8) is 0 Å². The molecular weight excluding hydrogens is 432 g/mol. The second kappa shape index (κ2) is 10.7. The highest BCUT2D eigenvalue weighted by atomic mass is 16.4. The van der Waals surface area contributed by atoms with Crippen molar-refractivity contribution in [2.45, 2.75) is 57.4 Å². The maximum Gasteiger partial charge on any atom is 0.318 e. The van der Waals surface area contributed by atoms with Crippen molar-refractivity contribution in [1.29, 1.82) is 5.26 Å². The predicted octanol–water partition coefficient (Wildman–Crippen LogP) is 2.44. The largest absolute Gasteiger partial charge is 0.480 e. The number of amides is 2. The number of carbonyl (C=O) groups excluding carboxylic acids is 2. The molecule has 1 aromatic carbocycles. The van der Waals surface area contributed by atoms with E-state index >= 15 is 0 Å². The first-order valence-corrected chi connectivity index (χ1v) is 11.7. The molecule has 1 heterocycles. The van der Waals surface area contributed by atoms with Crippen LogP contribution in [-0.4, -0.2) is 53.5 Å². The molecule has 1 aliphatic carbocycles. The van der Waals surface area contributed by atoms with Crippen molar-refractivity contribution in [1.82, 2.24) is 10.2 Å². The van der Waals surface area contributed by atoms with E-state index in [2.05, 4.69) is 11.4 Å². The fraction of sp³-hybridized carbons (Fsp3) is 0.462. The number of hydrogen-bond donors (Lipinski definition) is 3. The number of likely N-dealkylation sites (tertiary alicyclic amines) is 1. The van der Waals surface area contributed by atoms with Crippen LogP contribution in [0.2, 0.25) is 0 Å². The molecule has 2 amide bonds. The van der Waals surface area contributed by atoms with Crippen LogP contribution in [0.15, 0.2) is 41.5 Å². The molecule has 1 saturated heterocycles. The smallest absolute Gasteiger partial charge is 0.318 e. The summed E-state index contributed by atoms with van der Waals surface area (Å²) in [4.78, 5) is 38.9. The highest BCUT2D eigenvalue weighted by Gasteiger charge is 2.46. The fourth-order valence-electron chi connectivity index (χ4n) is 5.17. The normalized spacial score (nSPS) is 22.4. The third-order valence-electron chi connectivity index (χ3n) is 6.91. The first-order chi connectivity index (χ1) is 16.3. The van der Waals surface area contributed by atoms with Crippen LogP contribution in [0.3, 0.4) is 0 Å². The third kappa shape index (κ3) is 4.75. The van der Waals surface area contributed by atoms with E-state index in [-0.39, 0.29) is 31.5 Å². The van der Waals surface area contributed by atoms with Gasteiger partial charge < -0.3 is 21.1 Å². The Bertz CT molecular complexity index is 1080. The molecule has 0 saturated carbocycles. The van der Waals surface area contributed by atoms with Gasteiger partial charge in [-0.2, -0.15) is 5.26 Å². The van der Waals surface area contributed by atoms with Crippen LogP contribution < -0.4 is 11.1 Å². The maximum atomic E-state index is 13.0. The zero-order chi connectivity index (χ0) is 24.9. The minimum Gasteiger partial charge on any atom is -0.480 e. The van der Waals surface area contributed by atoms with Gasteiger partial charge in [0.1, 0.15) is 11.5 Å². The summed E-state index contributed by atoms with van der Waals surface area (Å²) < 4.78 is 0. The first-order valence-electron chi connectivity index (χ1n) is 11.7. The second-order valence-corrected chi connectivity index (χ2v) is 8.94. The van der Waals surface area contributed by atoms with Gasteiger partial charge in [0.05, 0.1) is 12.6 Å². The van der Waals surface area contributed by atoms with E-state index in [1.54, 1.807) is 23.1 Å². The number of carboxylic acids is 1. The molecule has 1 aromatic rings. The van der Waals surface area contributed by atoms with Gasteiger partial charge in [-0.05, 0) is 81.3 Å². The van der Waals surface area contributed by atoms with Crippen molar-refractivity contribution in [2.75, 3.05) is 19.6 Å². The Kier molecular flexibility index (Phi) is 7.90. The maximum absolute atomic E-state index is 13.0. The number of primary amides is 1. The number of nitrogens with zero attached hydrogens (tertiary/aromatic N) is 2. The van der Waals surface area contributed by atoms with Crippen molar-refractivity contribution in [3.8, 4) is 6.07 Å². The fourth-order valence-corrected chi connectivity index (χ4v) is 5.17.